The molecular weight excluding hydrogens is 264 g/mol. The van der Waals surface area contributed by atoms with Crippen LogP contribution in [0.25, 0.3) is 0 Å². The van der Waals surface area contributed by atoms with Gasteiger partial charge in [0.1, 0.15) is 0 Å². The average molecular weight is 284 g/mol. The van der Waals surface area contributed by atoms with E-state index in [0.29, 0.717) is 6.10 Å². The normalized spacial score (nSPS) is 18.5. The van der Waals surface area contributed by atoms with E-state index in [2.05, 4.69) is 21.5 Å². The van der Waals surface area contributed by atoms with E-state index in [1.54, 1.807) is 11.3 Å². The van der Waals surface area contributed by atoms with Crippen molar-refractivity contribution in [2.75, 3.05) is 31.7 Å². The molecule has 0 saturated carbocycles. The summed E-state index contributed by atoms with van der Waals surface area (Å²) in [6, 6.07) is 0. The number of hydrogen-bond acceptors (Lipinski definition) is 6. The smallest absolute Gasteiger partial charge is 0.311 e. The molecule has 106 valence electrons. The molecule has 0 radical (unpaired) electrons. The van der Waals surface area contributed by atoms with Gasteiger partial charge in [0.25, 0.3) is 0 Å². The minimum absolute atomic E-state index is 0.241. The molecule has 0 aromatic carbocycles. The van der Waals surface area contributed by atoms with Crippen molar-refractivity contribution < 1.29 is 14.3 Å². The summed E-state index contributed by atoms with van der Waals surface area (Å²) in [4.78, 5) is 17.9. The van der Waals surface area contributed by atoms with Gasteiger partial charge in [-0.25, -0.2) is 4.98 Å². The number of thiazole rings is 1. The first-order valence-corrected chi connectivity index (χ1v) is 7.48. The van der Waals surface area contributed by atoms with Crippen LogP contribution in [-0.2, 0) is 20.7 Å². The Morgan fingerprint density at radius 1 is 1.68 bits per heavy atom. The van der Waals surface area contributed by atoms with Crippen LogP contribution < -0.4 is 4.90 Å². The van der Waals surface area contributed by atoms with Crippen LogP contribution >= 0.6 is 11.3 Å². The van der Waals surface area contributed by atoms with E-state index in [4.69, 9.17) is 4.74 Å². The number of anilines is 1. The fourth-order valence-electron chi connectivity index (χ4n) is 2.12. The number of rotatable bonds is 6. The number of hydrogen-bond donors (Lipinski definition) is 0. The van der Waals surface area contributed by atoms with Gasteiger partial charge in [-0.3, -0.25) is 4.79 Å². The van der Waals surface area contributed by atoms with E-state index in [-0.39, 0.29) is 12.4 Å². The molecule has 1 atom stereocenters. The van der Waals surface area contributed by atoms with Crippen molar-refractivity contribution in [1.29, 1.82) is 0 Å². The quantitative estimate of drug-likeness (QED) is 0.746. The number of esters is 1. The molecule has 2 heterocycles. The molecule has 5 nitrogen and oxygen atoms in total. The Balaban J connectivity index is 1.96. The van der Waals surface area contributed by atoms with E-state index < -0.39 is 0 Å². The minimum Gasteiger partial charge on any atom is -0.469 e. The van der Waals surface area contributed by atoms with E-state index in [0.717, 1.165) is 43.4 Å². The Kier molecular flexibility index (Phi) is 5.15. The zero-order chi connectivity index (χ0) is 13.7. The highest BCUT2D eigenvalue weighted by Crippen LogP contribution is 2.23. The molecule has 6 heteroatoms. The molecule has 1 unspecified atom stereocenters. The zero-order valence-corrected chi connectivity index (χ0v) is 12.2. The lowest BCUT2D eigenvalue weighted by Gasteiger charge is -2.23. The van der Waals surface area contributed by atoms with Crippen LogP contribution in [0.5, 0.6) is 0 Å². The largest absolute Gasteiger partial charge is 0.469 e. The lowest BCUT2D eigenvalue weighted by Crippen LogP contribution is -2.31. The number of methoxy groups -OCH3 is 1. The van der Waals surface area contributed by atoms with Gasteiger partial charge in [0, 0.05) is 25.1 Å². The lowest BCUT2D eigenvalue weighted by molar-refractivity contribution is -0.139. The molecule has 0 aliphatic carbocycles. The van der Waals surface area contributed by atoms with Crippen LogP contribution in [0.3, 0.4) is 0 Å². The maximum absolute atomic E-state index is 11.2. The first kappa shape index (κ1) is 14.3. The summed E-state index contributed by atoms with van der Waals surface area (Å²) >= 11 is 1.57. The second-order valence-corrected chi connectivity index (χ2v) is 5.38. The van der Waals surface area contributed by atoms with Crippen LogP contribution in [0.15, 0.2) is 5.38 Å². The number of ether oxygens (including phenoxy) is 2. The third-order valence-corrected chi connectivity index (χ3v) is 4.14. The third-order valence-electron chi connectivity index (χ3n) is 3.19. The molecule has 0 bridgehead atoms. The van der Waals surface area contributed by atoms with Gasteiger partial charge < -0.3 is 14.4 Å². The fourth-order valence-corrected chi connectivity index (χ4v) is 3.02. The van der Waals surface area contributed by atoms with E-state index in [9.17, 15) is 4.79 Å². The Morgan fingerprint density at radius 2 is 2.53 bits per heavy atom. The van der Waals surface area contributed by atoms with Gasteiger partial charge >= 0.3 is 5.97 Å². The topological polar surface area (TPSA) is 51.7 Å². The monoisotopic (exact) mass is 284 g/mol. The molecule has 0 amide bonds. The fraction of sp³-hybridized carbons (Fsp3) is 0.692. The molecular formula is C13H20N2O3S. The Morgan fingerprint density at radius 3 is 3.16 bits per heavy atom. The molecule has 1 aliphatic heterocycles. The predicted octanol–water partition coefficient (Wildman–Crippen LogP) is 1.86. The van der Waals surface area contributed by atoms with Gasteiger partial charge in [-0.2, -0.15) is 0 Å². The van der Waals surface area contributed by atoms with Crippen LogP contribution in [-0.4, -0.2) is 43.9 Å². The van der Waals surface area contributed by atoms with E-state index in [1.807, 2.05) is 5.38 Å². The number of nitrogens with zero attached hydrogens (tertiary/aromatic N) is 2. The summed E-state index contributed by atoms with van der Waals surface area (Å²) < 4.78 is 10.3. The maximum atomic E-state index is 11.2. The Bertz CT molecular complexity index is 416. The third kappa shape index (κ3) is 3.91. The molecule has 1 aliphatic rings. The predicted molar refractivity (Wildman–Crippen MR) is 74.7 cm³/mol. The molecule has 1 aromatic rings. The lowest BCUT2D eigenvalue weighted by atomic mass is 10.2. The van der Waals surface area contributed by atoms with Gasteiger partial charge in [-0.1, -0.05) is 0 Å². The summed E-state index contributed by atoms with van der Waals surface area (Å²) in [5, 5.41) is 2.88. The second kappa shape index (κ2) is 6.86. The van der Waals surface area contributed by atoms with Crippen molar-refractivity contribution in [2.45, 2.75) is 32.3 Å². The average Bonchev–Trinajstić information content (AvgIpc) is 3.07. The first-order valence-electron chi connectivity index (χ1n) is 6.60. The standard InChI is InChI=1S/C13H20N2O3S/c1-3-15(8-11-5-4-6-18-11)13-14-10(9-19-13)7-12(16)17-2/h9,11H,3-8H2,1-2H3. The molecule has 1 saturated heterocycles. The highest BCUT2D eigenvalue weighted by Gasteiger charge is 2.20. The maximum Gasteiger partial charge on any atom is 0.311 e. The number of carbonyl (C=O) groups is 1. The highest BCUT2D eigenvalue weighted by atomic mass is 32.1. The molecule has 1 aromatic heterocycles. The van der Waals surface area contributed by atoms with E-state index >= 15 is 0 Å². The summed E-state index contributed by atoms with van der Waals surface area (Å²) in [5.74, 6) is -0.251. The minimum atomic E-state index is -0.251. The summed E-state index contributed by atoms with van der Waals surface area (Å²) in [5.41, 5.74) is 0.776. The number of carbonyl (C=O) groups excluding carboxylic acids is 1. The SMILES string of the molecule is CCN(CC1CCCO1)c1nc(CC(=O)OC)cs1. The van der Waals surface area contributed by atoms with E-state index in [1.165, 1.54) is 7.11 Å². The van der Waals surface area contributed by atoms with Gasteiger partial charge in [-0.15, -0.1) is 11.3 Å². The summed E-state index contributed by atoms with van der Waals surface area (Å²) in [6.07, 6.45) is 2.82. The number of aromatic nitrogens is 1. The summed E-state index contributed by atoms with van der Waals surface area (Å²) in [6.45, 7) is 4.75. The highest BCUT2D eigenvalue weighted by molar-refractivity contribution is 7.13. The molecule has 19 heavy (non-hydrogen) atoms. The van der Waals surface area contributed by atoms with Crippen molar-refractivity contribution in [3.63, 3.8) is 0 Å². The van der Waals surface area contributed by atoms with Crippen molar-refractivity contribution in [1.82, 2.24) is 4.98 Å². The van der Waals surface area contributed by atoms with Crippen LogP contribution in [0.2, 0.25) is 0 Å². The Labute approximate surface area is 117 Å². The molecule has 2 rings (SSSR count). The molecule has 0 spiro atoms. The van der Waals surface area contributed by atoms with Gasteiger partial charge in [0.05, 0.1) is 25.3 Å². The Hall–Kier alpha value is -1.14. The molecule has 0 N–H and O–H groups in total. The van der Waals surface area contributed by atoms with Crippen molar-refractivity contribution >= 4 is 22.4 Å². The molecule has 1 fully saturated rings. The van der Waals surface area contributed by atoms with Crippen molar-refractivity contribution in [2.24, 2.45) is 0 Å². The number of likely N-dealkylation sites (N-methyl/N-ethyl adjacent to an activating group) is 1. The van der Waals surface area contributed by atoms with Crippen LogP contribution in [0, 0.1) is 0 Å². The van der Waals surface area contributed by atoms with Crippen molar-refractivity contribution in [3.8, 4) is 0 Å². The van der Waals surface area contributed by atoms with Gasteiger partial charge in [0.2, 0.25) is 0 Å². The van der Waals surface area contributed by atoms with Crippen LogP contribution in [0.1, 0.15) is 25.5 Å². The van der Waals surface area contributed by atoms with Gasteiger partial charge in [0.15, 0.2) is 5.13 Å². The first-order chi connectivity index (χ1) is 9.22. The van der Waals surface area contributed by atoms with Gasteiger partial charge in [-0.05, 0) is 19.8 Å². The summed E-state index contributed by atoms with van der Waals surface area (Å²) in [7, 11) is 1.39. The zero-order valence-electron chi connectivity index (χ0n) is 11.4. The second-order valence-electron chi connectivity index (χ2n) is 4.55. The van der Waals surface area contributed by atoms with Crippen molar-refractivity contribution in [3.05, 3.63) is 11.1 Å². The van der Waals surface area contributed by atoms with Crippen LogP contribution in [0.4, 0.5) is 5.13 Å².